The molecule has 1 saturated carbocycles. The van der Waals surface area contributed by atoms with Gasteiger partial charge in [0.05, 0.1) is 6.42 Å². The van der Waals surface area contributed by atoms with Crippen molar-refractivity contribution in [2.24, 2.45) is 22.7 Å². The van der Waals surface area contributed by atoms with Crippen LogP contribution in [0.3, 0.4) is 0 Å². The van der Waals surface area contributed by atoms with Gasteiger partial charge in [-0.05, 0) is 31.1 Å². The predicted molar refractivity (Wildman–Crippen MR) is 62.1 cm³/mol. The second-order valence-electron chi connectivity index (χ2n) is 4.80. The molecule has 1 rings (SSSR count). The van der Waals surface area contributed by atoms with Gasteiger partial charge in [-0.2, -0.15) is 0 Å². The van der Waals surface area contributed by atoms with Gasteiger partial charge in [0, 0.05) is 6.04 Å². The Morgan fingerprint density at radius 1 is 1.44 bits per heavy atom. The van der Waals surface area contributed by atoms with E-state index in [0.717, 1.165) is 25.2 Å². The summed E-state index contributed by atoms with van der Waals surface area (Å²) in [6.45, 7) is 4.46. The van der Waals surface area contributed by atoms with E-state index in [9.17, 15) is 4.79 Å². The zero-order chi connectivity index (χ0) is 12.1. The normalized spacial score (nSPS) is 31.1. The van der Waals surface area contributed by atoms with Crippen LogP contribution in [-0.2, 0) is 4.79 Å². The molecule has 0 heterocycles. The number of hydrogen-bond donors (Lipinski definition) is 3. The van der Waals surface area contributed by atoms with Crippen molar-refractivity contribution in [3.05, 3.63) is 0 Å². The maximum atomic E-state index is 11.5. The highest BCUT2D eigenvalue weighted by molar-refractivity contribution is 5.98. The summed E-state index contributed by atoms with van der Waals surface area (Å²) in [5.74, 6) is 1.16. The smallest absolute Gasteiger partial charge is 0.227 e. The Kier molecular flexibility index (Phi) is 4.58. The number of carbonyl (C=O) groups excluding carboxylic acids is 1. The molecule has 1 fully saturated rings. The lowest BCUT2D eigenvalue weighted by Gasteiger charge is -2.32. The number of nitrogens with zero attached hydrogens (tertiary/aromatic N) is 1. The molecule has 1 aliphatic rings. The first-order valence-corrected chi connectivity index (χ1v) is 5.78. The molecule has 0 aromatic rings. The van der Waals surface area contributed by atoms with Crippen LogP contribution in [0.15, 0.2) is 5.16 Å². The van der Waals surface area contributed by atoms with Crippen molar-refractivity contribution < 1.29 is 10.0 Å². The average Bonchev–Trinajstić information content (AvgIpc) is 2.23. The standard InChI is InChI=1S/C11H21N3O2/c1-7-3-4-9(5-8(7)2)13-11(15)6-10(12)14-16/h7-9,16H,3-6H2,1-2H3,(H2,12,14)(H,13,15). The number of oxime groups is 1. The fourth-order valence-corrected chi connectivity index (χ4v) is 2.16. The Balaban J connectivity index is 2.35. The van der Waals surface area contributed by atoms with Crippen LogP contribution in [0.1, 0.15) is 39.5 Å². The summed E-state index contributed by atoms with van der Waals surface area (Å²) in [4.78, 5) is 11.5. The summed E-state index contributed by atoms with van der Waals surface area (Å²) in [7, 11) is 0. The van der Waals surface area contributed by atoms with Gasteiger partial charge in [-0.1, -0.05) is 19.0 Å². The molecule has 0 spiro atoms. The van der Waals surface area contributed by atoms with Crippen LogP contribution in [-0.4, -0.2) is 23.0 Å². The Labute approximate surface area is 96.1 Å². The summed E-state index contributed by atoms with van der Waals surface area (Å²) >= 11 is 0. The maximum Gasteiger partial charge on any atom is 0.227 e. The van der Waals surface area contributed by atoms with E-state index in [-0.39, 0.29) is 24.2 Å². The zero-order valence-electron chi connectivity index (χ0n) is 9.94. The van der Waals surface area contributed by atoms with Crippen LogP contribution in [0.5, 0.6) is 0 Å². The number of nitrogens with two attached hydrogens (primary N) is 1. The molecular weight excluding hydrogens is 206 g/mol. The lowest BCUT2D eigenvalue weighted by molar-refractivity contribution is -0.121. The zero-order valence-corrected chi connectivity index (χ0v) is 9.94. The third-order valence-corrected chi connectivity index (χ3v) is 3.43. The van der Waals surface area contributed by atoms with Crippen molar-refractivity contribution >= 4 is 11.7 Å². The molecule has 5 nitrogen and oxygen atoms in total. The molecule has 3 atom stereocenters. The molecule has 0 aromatic heterocycles. The third kappa shape index (κ3) is 3.72. The summed E-state index contributed by atoms with van der Waals surface area (Å²) in [5, 5.41) is 14.1. The van der Waals surface area contributed by atoms with Crippen molar-refractivity contribution in [3.63, 3.8) is 0 Å². The van der Waals surface area contributed by atoms with Gasteiger partial charge >= 0.3 is 0 Å². The van der Waals surface area contributed by atoms with E-state index >= 15 is 0 Å². The number of hydrogen-bond acceptors (Lipinski definition) is 3. The minimum absolute atomic E-state index is 0.0308. The van der Waals surface area contributed by atoms with Crippen molar-refractivity contribution in [1.29, 1.82) is 0 Å². The molecule has 4 N–H and O–H groups in total. The molecule has 0 aliphatic heterocycles. The number of amides is 1. The SMILES string of the molecule is CC1CCC(NC(=O)CC(N)=NO)CC1C. The highest BCUT2D eigenvalue weighted by Crippen LogP contribution is 2.29. The minimum atomic E-state index is -0.165. The van der Waals surface area contributed by atoms with Crippen LogP contribution < -0.4 is 11.1 Å². The summed E-state index contributed by atoms with van der Waals surface area (Å²) < 4.78 is 0. The molecule has 0 bridgehead atoms. The van der Waals surface area contributed by atoms with E-state index in [0.29, 0.717) is 5.92 Å². The van der Waals surface area contributed by atoms with Gasteiger partial charge in [0.1, 0.15) is 5.84 Å². The molecule has 0 aromatic carbocycles. The van der Waals surface area contributed by atoms with Crippen LogP contribution in [0, 0.1) is 11.8 Å². The number of amidine groups is 1. The van der Waals surface area contributed by atoms with Gasteiger partial charge in [0.25, 0.3) is 0 Å². The Morgan fingerprint density at radius 3 is 2.69 bits per heavy atom. The van der Waals surface area contributed by atoms with E-state index in [1.807, 2.05) is 0 Å². The third-order valence-electron chi connectivity index (χ3n) is 3.43. The number of rotatable bonds is 3. The quantitative estimate of drug-likeness (QED) is 0.291. The van der Waals surface area contributed by atoms with E-state index in [1.165, 1.54) is 0 Å². The molecule has 92 valence electrons. The van der Waals surface area contributed by atoms with Crippen molar-refractivity contribution in [3.8, 4) is 0 Å². The highest BCUT2D eigenvalue weighted by Gasteiger charge is 2.25. The van der Waals surface area contributed by atoms with E-state index in [2.05, 4.69) is 24.3 Å². The molecule has 16 heavy (non-hydrogen) atoms. The van der Waals surface area contributed by atoms with E-state index in [1.54, 1.807) is 0 Å². The lowest BCUT2D eigenvalue weighted by atomic mass is 9.79. The number of nitrogens with one attached hydrogen (secondary N) is 1. The lowest BCUT2D eigenvalue weighted by Crippen LogP contribution is -2.41. The number of carbonyl (C=O) groups is 1. The average molecular weight is 227 g/mol. The molecule has 0 radical (unpaired) electrons. The van der Waals surface area contributed by atoms with Crippen LogP contribution in [0.25, 0.3) is 0 Å². The molecule has 1 aliphatic carbocycles. The fraction of sp³-hybridized carbons (Fsp3) is 0.818. The summed E-state index contributed by atoms with van der Waals surface area (Å²) in [6.07, 6.45) is 3.16. The van der Waals surface area contributed by atoms with Gasteiger partial charge in [-0.15, -0.1) is 0 Å². The first-order valence-electron chi connectivity index (χ1n) is 5.78. The van der Waals surface area contributed by atoms with Gasteiger partial charge in [0.2, 0.25) is 5.91 Å². The Hall–Kier alpha value is -1.26. The predicted octanol–water partition coefficient (Wildman–Crippen LogP) is 1.06. The molecule has 1 amide bonds. The van der Waals surface area contributed by atoms with E-state index < -0.39 is 0 Å². The van der Waals surface area contributed by atoms with Gasteiger partial charge < -0.3 is 16.3 Å². The van der Waals surface area contributed by atoms with Crippen LogP contribution in [0.4, 0.5) is 0 Å². The monoisotopic (exact) mass is 227 g/mol. The summed E-state index contributed by atoms with van der Waals surface area (Å²) in [6, 6.07) is 0.241. The first-order chi connectivity index (χ1) is 7.52. The van der Waals surface area contributed by atoms with Gasteiger partial charge in [-0.3, -0.25) is 4.79 Å². The largest absolute Gasteiger partial charge is 0.409 e. The van der Waals surface area contributed by atoms with Crippen LogP contribution in [0.2, 0.25) is 0 Å². The topological polar surface area (TPSA) is 87.7 Å². The minimum Gasteiger partial charge on any atom is -0.409 e. The van der Waals surface area contributed by atoms with E-state index in [4.69, 9.17) is 10.9 Å². The molecular formula is C11H21N3O2. The van der Waals surface area contributed by atoms with Gasteiger partial charge in [-0.25, -0.2) is 0 Å². The van der Waals surface area contributed by atoms with Crippen LogP contribution >= 0.6 is 0 Å². The summed E-state index contributed by atoms with van der Waals surface area (Å²) in [5.41, 5.74) is 5.27. The van der Waals surface area contributed by atoms with Crippen molar-refractivity contribution in [2.45, 2.75) is 45.6 Å². The maximum absolute atomic E-state index is 11.5. The second-order valence-corrected chi connectivity index (χ2v) is 4.80. The van der Waals surface area contributed by atoms with Gasteiger partial charge in [0.15, 0.2) is 0 Å². The van der Waals surface area contributed by atoms with Crippen molar-refractivity contribution in [2.75, 3.05) is 0 Å². The van der Waals surface area contributed by atoms with Crippen molar-refractivity contribution in [1.82, 2.24) is 5.32 Å². The Morgan fingerprint density at radius 2 is 2.12 bits per heavy atom. The molecule has 3 unspecified atom stereocenters. The molecule has 0 saturated heterocycles. The highest BCUT2D eigenvalue weighted by atomic mass is 16.4. The molecule has 5 heteroatoms. The fourth-order valence-electron chi connectivity index (χ4n) is 2.16. The second kappa shape index (κ2) is 5.72. The Bertz CT molecular complexity index is 278. The first kappa shape index (κ1) is 12.8.